The molecule has 0 spiro atoms. The van der Waals surface area contributed by atoms with Crippen molar-refractivity contribution >= 4 is 17.5 Å². The molecule has 2 aromatic rings. The van der Waals surface area contributed by atoms with E-state index >= 15 is 0 Å². The van der Waals surface area contributed by atoms with E-state index in [9.17, 15) is 9.59 Å². The van der Waals surface area contributed by atoms with Gasteiger partial charge >= 0.3 is 0 Å². The molecule has 2 heterocycles. The average Bonchev–Trinajstić information content (AvgIpc) is 3.34. The predicted octanol–water partition coefficient (Wildman–Crippen LogP) is 3.99. The van der Waals surface area contributed by atoms with Crippen LogP contribution < -0.4 is 15.5 Å². The summed E-state index contributed by atoms with van der Waals surface area (Å²) in [4.78, 5) is 27.3. The van der Waals surface area contributed by atoms with Crippen LogP contribution in [-0.4, -0.2) is 37.5 Å². The minimum Gasteiger partial charge on any atom is -0.459 e. The summed E-state index contributed by atoms with van der Waals surface area (Å²) in [6.45, 7) is 2.38. The van der Waals surface area contributed by atoms with E-state index in [4.69, 9.17) is 4.42 Å². The molecule has 4 rings (SSSR count). The Labute approximate surface area is 178 Å². The van der Waals surface area contributed by atoms with Crippen LogP contribution in [0.2, 0.25) is 0 Å². The molecule has 6 nitrogen and oxygen atoms in total. The molecule has 1 saturated heterocycles. The van der Waals surface area contributed by atoms with Gasteiger partial charge in [0, 0.05) is 31.4 Å². The van der Waals surface area contributed by atoms with Gasteiger partial charge < -0.3 is 20.0 Å². The van der Waals surface area contributed by atoms with Gasteiger partial charge in [0.1, 0.15) is 0 Å². The number of carbonyl (C=O) groups excluding carboxylic acids is 2. The van der Waals surface area contributed by atoms with Crippen molar-refractivity contribution in [2.75, 3.05) is 24.5 Å². The fourth-order valence-corrected chi connectivity index (χ4v) is 4.59. The molecule has 2 fully saturated rings. The van der Waals surface area contributed by atoms with Crippen LogP contribution in [0.15, 0.2) is 47.1 Å². The van der Waals surface area contributed by atoms with Gasteiger partial charge in [-0.15, -0.1) is 0 Å². The molecule has 6 heteroatoms. The van der Waals surface area contributed by atoms with Crippen molar-refractivity contribution in [2.24, 2.45) is 5.92 Å². The second-order valence-corrected chi connectivity index (χ2v) is 8.44. The van der Waals surface area contributed by atoms with Crippen molar-refractivity contribution < 1.29 is 14.0 Å². The van der Waals surface area contributed by atoms with Gasteiger partial charge in [-0.05, 0) is 55.9 Å². The molecule has 1 saturated carbocycles. The third-order valence-electron chi connectivity index (χ3n) is 6.34. The molecule has 2 aliphatic rings. The first-order valence-electron chi connectivity index (χ1n) is 11.2. The molecule has 2 N–H and O–H groups in total. The Bertz CT molecular complexity index is 835. The van der Waals surface area contributed by atoms with Gasteiger partial charge in [-0.3, -0.25) is 9.59 Å². The Balaban J connectivity index is 1.32. The lowest BCUT2D eigenvalue weighted by atomic mass is 9.89. The molecule has 0 atom stereocenters. The molecule has 1 aliphatic heterocycles. The zero-order valence-electron chi connectivity index (χ0n) is 17.4. The van der Waals surface area contributed by atoms with Gasteiger partial charge in [-0.25, -0.2) is 0 Å². The monoisotopic (exact) mass is 409 g/mol. The smallest absolute Gasteiger partial charge is 0.287 e. The summed E-state index contributed by atoms with van der Waals surface area (Å²) in [5, 5.41) is 6.21. The normalized spacial score (nSPS) is 18.2. The van der Waals surface area contributed by atoms with Gasteiger partial charge in [-0.2, -0.15) is 0 Å². The van der Waals surface area contributed by atoms with Crippen molar-refractivity contribution in [3.05, 3.63) is 54.0 Å². The quantitative estimate of drug-likeness (QED) is 0.757. The lowest BCUT2D eigenvalue weighted by molar-refractivity contribution is 0.0902. The van der Waals surface area contributed by atoms with Crippen LogP contribution in [0.5, 0.6) is 0 Å². The Morgan fingerprint density at radius 1 is 0.933 bits per heavy atom. The van der Waals surface area contributed by atoms with Gasteiger partial charge in [-0.1, -0.05) is 31.4 Å². The van der Waals surface area contributed by atoms with Crippen molar-refractivity contribution in [1.82, 2.24) is 10.6 Å². The highest BCUT2D eigenvalue weighted by atomic mass is 16.3. The molecule has 1 aromatic heterocycles. The topological polar surface area (TPSA) is 74.6 Å². The molecule has 1 aliphatic carbocycles. The van der Waals surface area contributed by atoms with Gasteiger partial charge in [0.15, 0.2) is 5.76 Å². The summed E-state index contributed by atoms with van der Waals surface area (Å²) in [5.74, 6) is 0.811. The largest absolute Gasteiger partial charge is 0.459 e. The zero-order valence-corrected chi connectivity index (χ0v) is 17.4. The van der Waals surface area contributed by atoms with Crippen LogP contribution in [0.1, 0.15) is 65.9 Å². The lowest BCUT2D eigenvalue weighted by Crippen LogP contribution is -2.45. The standard InChI is InChI=1S/C24H31N3O3/c28-23(25-17-18-7-2-1-3-8-18)20-9-4-5-10-21(20)27-14-12-19(13-15-27)26-24(29)22-11-6-16-30-22/h4-6,9-11,16,18-19H,1-3,7-8,12-15,17H2,(H,25,28)(H,26,29). The fourth-order valence-electron chi connectivity index (χ4n) is 4.59. The Morgan fingerprint density at radius 3 is 2.43 bits per heavy atom. The van der Waals surface area contributed by atoms with Crippen LogP contribution in [0, 0.1) is 5.92 Å². The number of nitrogens with one attached hydrogen (secondary N) is 2. The number of piperidine rings is 1. The maximum Gasteiger partial charge on any atom is 0.287 e. The molecule has 160 valence electrons. The number of para-hydroxylation sites is 1. The molecule has 0 unspecified atom stereocenters. The van der Waals surface area contributed by atoms with Gasteiger partial charge in [0.05, 0.1) is 11.8 Å². The van der Waals surface area contributed by atoms with E-state index in [1.54, 1.807) is 12.1 Å². The highest BCUT2D eigenvalue weighted by molar-refractivity contribution is 5.99. The summed E-state index contributed by atoms with van der Waals surface area (Å²) in [7, 11) is 0. The van der Waals surface area contributed by atoms with E-state index in [-0.39, 0.29) is 17.9 Å². The number of benzene rings is 1. The Hall–Kier alpha value is -2.76. The van der Waals surface area contributed by atoms with Crippen molar-refractivity contribution in [2.45, 2.75) is 51.0 Å². The van der Waals surface area contributed by atoms with Gasteiger partial charge in [0.25, 0.3) is 11.8 Å². The van der Waals surface area contributed by atoms with E-state index in [0.717, 1.165) is 43.7 Å². The second-order valence-electron chi connectivity index (χ2n) is 8.44. The molecule has 2 amide bonds. The highest BCUT2D eigenvalue weighted by Crippen LogP contribution is 2.26. The predicted molar refractivity (Wildman–Crippen MR) is 117 cm³/mol. The zero-order chi connectivity index (χ0) is 20.8. The molecule has 1 aromatic carbocycles. The fraction of sp³-hybridized carbons (Fsp3) is 0.500. The first-order chi connectivity index (χ1) is 14.7. The van der Waals surface area contributed by atoms with Crippen LogP contribution in [0.4, 0.5) is 5.69 Å². The summed E-state index contributed by atoms with van der Waals surface area (Å²) in [6, 6.07) is 11.4. The summed E-state index contributed by atoms with van der Waals surface area (Å²) in [6.07, 6.45) is 9.51. The number of rotatable bonds is 6. The minimum absolute atomic E-state index is 0.0180. The molecule has 0 bridgehead atoms. The van der Waals surface area contributed by atoms with E-state index < -0.39 is 0 Å². The Kier molecular flexibility index (Phi) is 6.72. The number of furan rings is 1. The molecule has 30 heavy (non-hydrogen) atoms. The third-order valence-corrected chi connectivity index (χ3v) is 6.34. The number of hydrogen-bond donors (Lipinski definition) is 2. The summed E-state index contributed by atoms with van der Waals surface area (Å²) >= 11 is 0. The third kappa shape index (κ3) is 5.04. The SMILES string of the molecule is O=C(NC1CCN(c2ccccc2C(=O)NCC2CCCCC2)CC1)c1ccco1. The number of carbonyl (C=O) groups is 2. The average molecular weight is 410 g/mol. The van der Waals surface area contributed by atoms with Crippen molar-refractivity contribution in [3.8, 4) is 0 Å². The maximum absolute atomic E-state index is 12.9. The van der Waals surface area contributed by atoms with Crippen molar-refractivity contribution in [3.63, 3.8) is 0 Å². The van der Waals surface area contributed by atoms with Crippen LogP contribution in [0.25, 0.3) is 0 Å². The number of hydrogen-bond acceptors (Lipinski definition) is 4. The first-order valence-corrected chi connectivity index (χ1v) is 11.2. The van der Waals surface area contributed by atoms with E-state index in [1.165, 1.54) is 38.4 Å². The highest BCUT2D eigenvalue weighted by Gasteiger charge is 2.25. The van der Waals surface area contributed by atoms with E-state index in [1.807, 2.05) is 24.3 Å². The van der Waals surface area contributed by atoms with Crippen LogP contribution in [0.3, 0.4) is 0 Å². The second kappa shape index (κ2) is 9.83. The number of nitrogens with zero attached hydrogens (tertiary/aromatic N) is 1. The van der Waals surface area contributed by atoms with E-state index in [0.29, 0.717) is 11.7 Å². The summed E-state index contributed by atoms with van der Waals surface area (Å²) in [5.41, 5.74) is 1.72. The molecule has 0 radical (unpaired) electrons. The minimum atomic E-state index is -0.166. The van der Waals surface area contributed by atoms with Crippen molar-refractivity contribution in [1.29, 1.82) is 0 Å². The first kappa shape index (κ1) is 20.5. The number of amides is 2. The van der Waals surface area contributed by atoms with E-state index in [2.05, 4.69) is 15.5 Å². The van der Waals surface area contributed by atoms with Gasteiger partial charge in [0.2, 0.25) is 0 Å². The van der Waals surface area contributed by atoms with Crippen LogP contribution >= 0.6 is 0 Å². The molecular weight excluding hydrogens is 378 g/mol. The summed E-state index contributed by atoms with van der Waals surface area (Å²) < 4.78 is 5.17. The lowest BCUT2D eigenvalue weighted by Gasteiger charge is -2.34. The van der Waals surface area contributed by atoms with Crippen LogP contribution in [-0.2, 0) is 0 Å². The molecular formula is C24H31N3O3. The Morgan fingerprint density at radius 2 is 1.70 bits per heavy atom. The number of anilines is 1. The maximum atomic E-state index is 12.9.